The van der Waals surface area contributed by atoms with E-state index >= 15 is 0 Å². The van der Waals surface area contributed by atoms with E-state index in [0.29, 0.717) is 29.3 Å². The summed E-state index contributed by atoms with van der Waals surface area (Å²) in [6, 6.07) is 3.66. The molecule has 32 heavy (non-hydrogen) atoms. The Kier molecular flexibility index (Phi) is 7.21. The third kappa shape index (κ3) is 4.99. The van der Waals surface area contributed by atoms with Gasteiger partial charge < -0.3 is 8.84 Å². The van der Waals surface area contributed by atoms with Crippen LogP contribution in [0.25, 0.3) is 11.5 Å². The van der Waals surface area contributed by atoms with E-state index in [1.165, 1.54) is 22.4 Å². The van der Waals surface area contributed by atoms with E-state index in [9.17, 15) is 8.42 Å². The van der Waals surface area contributed by atoms with Crippen molar-refractivity contribution in [2.75, 3.05) is 14.1 Å². The highest BCUT2D eigenvalue weighted by atomic mass is 32.2. The smallest absolute Gasteiger partial charge is 0.308 e. The Bertz CT molecular complexity index is 1060. The van der Waals surface area contributed by atoms with Crippen LogP contribution in [0.5, 0.6) is 0 Å². The third-order valence-corrected chi connectivity index (χ3v) is 18.8. The van der Waals surface area contributed by atoms with Crippen LogP contribution < -0.4 is 5.45 Å². The average Bonchev–Trinajstić information content (AvgIpc) is 3.25. The maximum absolute atomic E-state index is 13.4. The van der Waals surface area contributed by atoms with Gasteiger partial charge in [0.25, 0.3) is 0 Å². The van der Waals surface area contributed by atoms with Crippen molar-refractivity contribution in [1.29, 1.82) is 0 Å². The van der Waals surface area contributed by atoms with Crippen LogP contribution in [0.4, 0.5) is 0 Å². The van der Waals surface area contributed by atoms with Crippen LogP contribution in [0.3, 0.4) is 0 Å². The SMILES string of the molecule is CN(C)S(=O)(=O)n1c(-c2ccc(CO[Si](C)(C)C(C)(C)C)o2)cnc1[Si](C)(C)C(C)(C)C. The van der Waals surface area contributed by atoms with Gasteiger partial charge in [-0.15, -0.1) is 0 Å². The highest BCUT2D eigenvalue weighted by Gasteiger charge is 2.44. The second-order valence-electron chi connectivity index (χ2n) is 11.7. The Labute approximate surface area is 196 Å². The lowest BCUT2D eigenvalue weighted by molar-refractivity contribution is 0.247. The second-order valence-corrected chi connectivity index (χ2v) is 23.7. The number of rotatable bonds is 7. The molecule has 2 rings (SSSR count). The summed E-state index contributed by atoms with van der Waals surface area (Å²) in [5, 5.41) is 0.0133. The van der Waals surface area contributed by atoms with E-state index in [0.717, 1.165) is 0 Å². The van der Waals surface area contributed by atoms with Gasteiger partial charge in [-0.05, 0) is 35.3 Å². The molecule has 10 heteroatoms. The zero-order chi connectivity index (χ0) is 24.9. The molecule has 0 amide bonds. The van der Waals surface area contributed by atoms with Crippen LogP contribution in [0.2, 0.25) is 36.3 Å². The summed E-state index contributed by atoms with van der Waals surface area (Å²) < 4.78 is 41.7. The van der Waals surface area contributed by atoms with E-state index in [1.807, 2.05) is 6.07 Å². The first-order valence-corrected chi connectivity index (χ1v) is 18.3. The summed E-state index contributed by atoms with van der Waals surface area (Å²) in [4.78, 5) is 4.64. The Morgan fingerprint density at radius 1 is 1.03 bits per heavy atom. The number of furan rings is 1. The molecule has 7 nitrogen and oxygen atoms in total. The van der Waals surface area contributed by atoms with E-state index < -0.39 is 26.6 Å². The normalized spacial score (nSPS) is 14.4. The zero-order valence-electron chi connectivity index (χ0n) is 21.8. The lowest BCUT2D eigenvalue weighted by Gasteiger charge is -2.36. The molecule has 2 heterocycles. The van der Waals surface area contributed by atoms with Crippen molar-refractivity contribution in [2.45, 2.75) is 84.4 Å². The molecule has 0 unspecified atom stereocenters. The second kappa shape index (κ2) is 8.54. The Balaban J connectivity index is 2.55. The molecule has 0 spiro atoms. The first kappa shape index (κ1) is 27.0. The van der Waals surface area contributed by atoms with Gasteiger partial charge in [0, 0.05) is 14.1 Å². The zero-order valence-corrected chi connectivity index (χ0v) is 24.6. The molecule has 0 aromatic carbocycles. The molecule has 0 aliphatic heterocycles. The predicted octanol–water partition coefficient (Wildman–Crippen LogP) is 5.03. The van der Waals surface area contributed by atoms with Crippen molar-refractivity contribution in [2.24, 2.45) is 0 Å². The lowest BCUT2D eigenvalue weighted by Crippen LogP contribution is -2.56. The molecular formula is C22H41N3O4SSi2. The van der Waals surface area contributed by atoms with Crippen molar-refractivity contribution in [3.63, 3.8) is 0 Å². The molecule has 0 radical (unpaired) electrons. The van der Waals surface area contributed by atoms with Gasteiger partial charge in [-0.1, -0.05) is 54.6 Å². The van der Waals surface area contributed by atoms with Crippen molar-refractivity contribution in [1.82, 2.24) is 13.3 Å². The fourth-order valence-corrected chi connectivity index (χ4v) is 7.34. The predicted molar refractivity (Wildman–Crippen MR) is 137 cm³/mol. The van der Waals surface area contributed by atoms with E-state index in [-0.39, 0.29) is 10.1 Å². The van der Waals surface area contributed by atoms with Crippen molar-refractivity contribution >= 4 is 32.0 Å². The summed E-state index contributed by atoms with van der Waals surface area (Å²) >= 11 is 0. The summed E-state index contributed by atoms with van der Waals surface area (Å²) in [6.45, 7) is 22.1. The van der Waals surface area contributed by atoms with Crippen LogP contribution in [0, 0.1) is 0 Å². The van der Waals surface area contributed by atoms with Gasteiger partial charge in [0.15, 0.2) is 14.1 Å². The number of aromatic nitrogens is 2. The van der Waals surface area contributed by atoms with Crippen LogP contribution >= 0.6 is 0 Å². The Morgan fingerprint density at radius 2 is 1.59 bits per heavy atom. The van der Waals surface area contributed by atoms with Crippen molar-refractivity contribution in [3.8, 4) is 11.5 Å². The topological polar surface area (TPSA) is 77.6 Å². The molecule has 0 fully saturated rings. The van der Waals surface area contributed by atoms with Gasteiger partial charge in [-0.2, -0.15) is 12.7 Å². The van der Waals surface area contributed by atoms with Gasteiger partial charge in [0.1, 0.15) is 25.0 Å². The lowest BCUT2D eigenvalue weighted by atomic mass is 10.2. The number of imidazole rings is 1. The number of hydrogen-bond acceptors (Lipinski definition) is 5. The van der Waals surface area contributed by atoms with Crippen LogP contribution in [-0.2, 0) is 21.2 Å². The van der Waals surface area contributed by atoms with Gasteiger partial charge in [0.2, 0.25) is 0 Å². The Hall–Kier alpha value is -1.21. The van der Waals surface area contributed by atoms with Gasteiger partial charge >= 0.3 is 10.2 Å². The molecule has 182 valence electrons. The number of nitrogens with zero attached hydrogens (tertiary/aromatic N) is 3. The van der Waals surface area contributed by atoms with Crippen molar-refractivity contribution < 1.29 is 17.3 Å². The minimum atomic E-state index is -3.79. The van der Waals surface area contributed by atoms with Gasteiger partial charge in [0.05, 0.1) is 12.8 Å². The standard InChI is InChI=1S/C22H41N3O4SSi2/c1-21(2,3)31(9,10)20-23-15-18(25(20)30(26,27)24(7)8)19-14-13-17(29-19)16-28-32(11,12)22(4,5)6/h13-15H,16H2,1-12H3. The highest BCUT2D eigenvalue weighted by molar-refractivity contribution is 7.87. The van der Waals surface area contributed by atoms with E-state index in [1.54, 1.807) is 12.3 Å². The fourth-order valence-electron chi connectivity index (χ4n) is 2.71. The van der Waals surface area contributed by atoms with E-state index in [4.69, 9.17) is 8.84 Å². The largest absolute Gasteiger partial charge is 0.457 e. The molecule has 0 bridgehead atoms. The third-order valence-electron chi connectivity index (χ3n) is 7.14. The molecule has 2 aromatic heterocycles. The maximum Gasteiger partial charge on any atom is 0.308 e. The van der Waals surface area contributed by atoms with Gasteiger partial charge in [-0.25, -0.2) is 8.96 Å². The molecule has 0 saturated carbocycles. The molecule has 0 atom stereocenters. The summed E-state index contributed by atoms with van der Waals surface area (Å²) in [7, 11) is -4.91. The minimum Gasteiger partial charge on any atom is -0.457 e. The highest BCUT2D eigenvalue weighted by Crippen LogP contribution is 2.38. The number of hydrogen-bond donors (Lipinski definition) is 0. The molecular weight excluding hydrogens is 458 g/mol. The monoisotopic (exact) mass is 499 g/mol. The van der Waals surface area contributed by atoms with Crippen LogP contribution in [-0.4, -0.2) is 52.2 Å². The fraction of sp³-hybridized carbons (Fsp3) is 0.682. The maximum atomic E-state index is 13.4. The van der Waals surface area contributed by atoms with Gasteiger partial charge in [-0.3, -0.25) is 0 Å². The minimum absolute atomic E-state index is 0.0828. The quantitative estimate of drug-likeness (QED) is 0.499. The summed E-state index contributed by atoms with van der Waals surface area (Å²) in [5.41, 5.74) is 1.06. The van der Waals surface area contributed by atoms with E-state index in [2.05, 4.69) is 72.7 Å². The molecule has 0 saturated heterocycles. The van der Waals surface area contributed by atoms with Crippen molar-refractivity contribution in [3.05, 3.63) is 24.1 Å². The molecule has 0 aliphatic rings. The summed E-state index contributed by atoms with van der Waals surface area (Å²) in [5.74, 6) is 1.15. The van der Waals surface area contributed by atoms with Crippen LogP contribution in [0.1, 0.15) is 47.3 Å². The average molecular weight is 500 g/mol. The van der Waals surface area contributed by atoms with Crippen LogP contribution in [0.15, 0.2) is 22.7 Å². The first-order chi connectivity index (χ1) is 14.2. The molecule has 2 aromatic rings. The molecule has 0 N–H and O–H groups in total. The Morgan fingerprint density at radius 3 is 2.06 bits per heavy atom. The first-order valence-electron chi connectivity index (χ1n) is 11.0. The molecule has 0 aliphatic carbocycles. The summed E-state index contributed by atoms with van der Waals surface area (Å²) in [6.07, 6.45) is 1.62.